The van der Waals surface area contributed by atoms with Crippen LogP contribution in [0.4, 0.5) is 5.69 Å². The van der Waals surface area contributed by atoms with Gasteiger partial charge < -0.3 is 5.32 Å². The molecule has 100 valence electrons. The van der Waals surface area contributed by atoms with Gasteiger partial charge in [-0.05, 0) is 42.2 Å². The smallest absolute Gasteiger partial charge is 0.0380 e. The third-order valence-corrected chi connectivity index (χ3v) is 3.87. The standard InChI is InChI=1S/C17H27N/c1-5-8-15(13-11-12-13)18-16-10-7-6-9-14(16)17(2,3)4/h6-7,9-10,13,15,18H,5,8,11-12H2,1-4H3. The van der Waals surface area contributed by atoms with Crippen molar-refractivity contribution in [3.63, 3.8) is 0 Å². The fraction of sp³-hybridized carbons (Fsp3) is 0.647. The third kappa shape index (κ3) is 3.28. The number of hydrogen-bond acceptors (Lipinski definition) is 1. The largest absolute Gasteiger partial charge is 0.382 e. The molecule has 1 aromatic carbocycles. The number of para-hydroxylation sites is 1. The van der Waals surface area contributed by atoms with E-state index in [4.69, 9.17) is 0 Å². The molecular weight excluding hydrogens is 218 g/mol. The van der Waals surface area contributed by atoms with Gasteiger partial charge in [0.05, 0.1) is 0 Å². The highest BCUT2D eigenvalue weighted by Gasteiger charge is 2.31. The van der Waals surface area contributed by atoms with Gasteiger partial charge in [-0.1, -0.05) is 52.3 Å². The molecule has 0 radical (unpaired) electrons. The van der Waals surface area contributed by atoms with Crippen LogP contribution in [0.2, 0.25) is 0 Å². The van der Waals surface area contributed by atoms with Crippen LogP contribution in [0, 0.1) is 5.92 Å². The van der Waals surface area contributed by atoms with Crippen LogP contribution in [-0.4, -0.2) is 6.04 Å². The Labute approximate surface area is 112 Å². The average molecular weight is 245 g/mol. The fourth-order valence-electron chi connectivity index (χ4n) is 2.70. The molecule has 0 amide bonds. The molecule has 2 rings (SSSR count). The van der Waals surface area contributed by atoms with Crippen LogP contribution in [0.1, 0.15) is 58.9 Å². The van der Waals surface area contributed by atoms with Crippen molar-refractivity contribution in [2.45, 2.75) is 64.8 Å². The summed E-state index contributed by atoms with van der Waals surface area (Å²) in [4.78, 5) is 0. The molecule has 0 heterocycles. The SMILES string of the molecule is CCCC(Nc1ccccc1C(C)(C)C)C1CC1. The molecule has 1 N–H and O–H groups in total. The highest BCUT2D eigenvalue weighted by molar-refractivity contribution is 5.54. The quantitative estimate of drug-likeness (QED) is 0.772. The molecular formula is C17H27N. The molecule has 18 heavy (non-hydrogen) atoms. The van der Waals surface area contributed by atoms with E-state index in [2.05, 4.69) is 57.3 Å². The molecule has 0 saturated heterocycles. The maximum atomic E-state index is 3.82. The molecule has 1 aromatic rings. The number of nitrogens with one attached hydrogen (secondary N) is 1. The van der Waals surface area contributed by atoms with Crippen LogP contribution in [0.25, 0.3) is 0 Å². The van der Waals surface area contributed by atoms with E-state index < -0.39 is 0 Å². The first-order valence-electron chi connectivity index (χ1n) is 7.38. The number of benzene rings is 1. The second-order valence-electron chi connectivity index (χ2n) is 6.67. The van der Waals surface area contributed by atoms with Crippen LogP contribution in [-0.2, 0) is 5.41 Å². The van der Waals surface area contributed by atoms with E-state index >= 15 is 0 Å². The lowest BCUT2D eigenvalue weighted by molar-refractivity contribution is 0.565. The first-order valence-corrected chi connectivity index (χ1v) is 7.38. The van der Waals surface area contributed by atoms with Gasteiger partial charge in [-0.15, -0.1) is 0 Å². The number of anilines is 1. The Morgan fingerprint density at radius 2 is 1.89 bits per heavy atom. The summed E-state index contributed by atoms with van der Waals surface area (Å²) >= 11 is 0. The van der Waals surface area contributed by atoms with Gasteiger partial charge in [0.25, 0.3) is 0 Å². The Kier molecular flexibility index (Phi) is 3.99. The molecule has 1 unspecified atom stereocenters. The van der Waals surface area contributed by atoms with Crippen molar-refractivity contribution < 1.29 is 0 Å². The van der Waals surface area contributed by atoms with E-state index in [0.29, 0.717) is 6.04 Å². The summed E-state index contributed by atoms with van der Waals surface area (Å²) in [6.45, 7) is 9.16. The van der Waals surface area contributed by atoms with E-state index in [1.165, 1.54) is 36.9 Å². The van der Waals surface area contributed by atoms with E-state index in [9.17, 15) is 0 Å². The maximum Gasteiger partial charge on any atom is 0.0380 e. The molecule has 1 aliphatic rings. The van der Waals surface area contributed by atoms with Crippen molar-refractivity contribution in [3.05, 3.63) is 29.8 Å². The van der Waals surface area contributed by atoms with Crippen molar-refractivity contribution in [1.82, 2.24) is 0 Å². The Hall–Kier alpha value is -0.980. The van der Waals surface area contributed by atoms with Crippen molar-refractivity contribution in [2.75, 3.05) is 5.32 Å². The molecule has 1 fully saturated rings. The van der Waals surface area contributed by atoms with Gasteiger partial charge in [0, 0.05) is 11.7 Å². The van der Waals surface area contributed by atoms with Gasteiger partial charge in [0.2, 0.25) is 0 Å². The van der Waals surface area contributed by atoms with Crippen LogP contribution in [0.5, 0.6) is 0 Å². The second-order valence-corrected chi connectivity index (χ2v) is 6.67. The summed E-state index contributed by atoms with van der Waals surface area (Å²) in [5.41, 5.74) is 2.99. The van der Waals surface area contributed by atoms with Gasteiger partial charge in [0.15, 0.2) is 0 Å². The third-order valence-electron chi connectivity index (χ3n) is 3.87. The minimum atomic E-state index is 0.212. The molecule has 0 spiro atoms. The van der Waals surface area contributed by atoms with E-state index in [1.54, 1.807) is 0 Å². The number of rotatable bonds is 5. The summed E-state index contributed by atoms with van der Waals surface area (Å²) in [7, 11) is 0. The molecule has 1 atom stereocenters. The Bertz CT molecular complexity index is 385. The lowest BCUT2D eigenvalue weighted by Gasteiger charge is -2.27. The Morgan fingerprint density at radius 1 is 1.22 bits per heavy atom. The summed E-state index contributed by atoms with van der Waals surface area (Å²) in [6.07, 6.45) is 5.39. The minimum absolute atomic E-state index is 0.212. The molecule has 0 aliphatic heterocycles. The zero-order chi connectivity index (χ0) is 13.2. The van der Waals surface area contributed by atoms with Gasteiger partial charge >= 0.3 is 0 Å². The number of hydrogen-bond donors (Lipinski definition) is 1. The highest BCUT2D eigenvalue weighted by Crippen LogP contribution is 2.38. The predicted molar refractivity (Wildman–Crippen MR) is 80.2 cm³/mol. The molecule has 0 aromatic heterocycles. The fourth-order valence-corrected chi connectivity index (χ4v) is 2.70. The predicted octanol–water partition coefficient (Wildman–Crippen LogP) is 4.97. The lowest BCUT2D eigenvalue weighted by Crippen LogP contribution is -2.24. The summed E-state index contributed by atoms with van der Waals surface area (Å²) in [5, 5.41) is 3.82. The van der Waals surface area contributed by atoms with Crippen LogP contribution < -0.4 is 5.32 Å². The van der Waals surface area contributed by atoms with Gasteiger partial charge in [-0.25, -0.2) is 0 Å². The summed E-state index contributed by atoms with van der Waals surface area (Å²) in [5.74, 6) is 0.915. The molecule has 1 aliphatic carbocycles. The van der Waals surface area contributed by atoms with Crippen LogP contribution in [0.15, 0.2) is 24.3 Å². The van der Waals surface area contributed by atoms with E-state index in [0.717, 1.165) is 5.92 Å². The second kappa shape index (κ2) is 5.34. The topological polar surface area (TPSA) is 12.0 Å². The van der Waals surface area contributed by atoms with Crippen LogP contribution >= 0.6 is 0 Å². The highest BCUT2D eigenvalue weighted by atomic mass is 14.9. The van der Waals surface area contributed by atoms with Crippen LogP contribution in [0.3, 0.4) is 0 Å². The van der Waals surface area contributed by atoms with Crippen molar-refractivity contribution >= 4 is 5.69 Å². The average Bonchev–Trinajstić information content (AvgIpc) is 3.11. The van der Waals surface area contributed by atoms with Gasteiger partial charge in [-0.3, -0.25) is 0 Å². The van der Waals surface area contributed by atoms with Crippen molar-refractivity contribution in [2.24, 2.45) is 5.92 Å². The molecule has 1 nitrogen and oxygen atoms in total. The maximum absolute atomic E-state index is 3.82. The molecule has 1 heteroatoms. The zero-order valence-electron chi connectivity index (χ0n) is 12.3. The Morgan fingerprint density at radius 3 is 2.44 bits per heavy atom. The summed E-state index contributed by atoms with van der Waals surface area (Å²) in [6, 6.07) is 9.48. The monoisotopic (exact) mass is 245 g/mol. The summed E-state index contributed by atoms with van der Waals surface area (Å²) < 4.78 is 0. The van der Waals surface area contributed by atoms with E-state index in [-0.39, 0.29) is 5.41 Å². The normalized spacial score (nSPS) is 17.6. The zero-order valence-corrected chi connectivity index (χ0v) is 12.3. The molecule has 1 saturated carbocycles. The van der Waals surface area contributed by atoms with E-state index in [1.807, 2.05) is 0 Å². The van der Waals surface area contributed by atoms with Gasteiger partial charge in [0.1, 0.15) is 0 Å². The first-order chi connectivity index (χ1) is 8.52. The minimum Gasteiger partial charge on any atom is -0.382 e. The first kappa shape index (κ1) is 13.5. The van der Waals surface area contributed by atoms with Crippen molar-refractivity contribution in [3.8, 4) is 0 Å². The Balaban J connectivity index is 2.17. The molecule has 0 bridgehead atoms. The van der Waals surface area contributed by atoms with Gasteiger partial charge in [-0.2, -0.15) is 0 Å². The lowest BCUT2D eigenvalue weighted by atomic mass is 9.85. The van der Waals surface area contributed by atoms with Crippen molar-refractivity contribution in [1.29, 1.82) is 0 Å².